The zero-order chi connectivity index (χ0) is 16.3. The SMILES string of the molecule is CCc1ccc(S(=O)(=O)Nc2ccc(N3CCOCC3)nc2)s1. The fourth-order valence-corrected chi connectivity index (χ4v) is 4.66. The van der Waals surface area contributed by atoms with E-state index in [-0.39, 0.29) is 0 Å². The lowest BCUT2D eigenvalue weighted by atomic mass is 10.3. The first-order valence-electron chi connectivity index (χ1n) is 7.49. The van der Waals surface area contributed by atoms with Crippen molar-refractivity contribution in [3.8, 4) is 0 Å². The highest BCUT2D eigenvalue weighted by Gasteiger charge is 2.17. The molecule has 1 saturated heterocycles. The van der Waals surface area contributed by atoms with E-state index < -0.39 is 10.0 Å². The molecule has 1 N–H and O–H groups in total. The molecule has 3 rings (SSSR count). The molecule has 1 aliphatic heterocycles. The number of ether oxygens (including phenoxy) is 1. The minimum Gasteiger partial charge on any atom is -0.378 e. The van der Waals surface area contributed by atoms with E-state index in [2.05, 4.69) is 14.6 Å². The van der Waals surface area contributed by atoms with Crippen molar-refractivity contribution in [2.45, 2.75) is 17.6 Å². The summed E-state index contributed by atoms with van der Waals surface area (Å²) in [6.45, 7) is 4.98. The standard InChI is InChI=1S/C15H19N3O3S2/c1-2-13-4-6-15(22-13)23(19,20)17-12-3-5-14(16-11-12)18-7-9-21-10-8-18/h3-6,11,17H,2,7-10H2,1H3. The Morgan fingerprint density at radius 2 is 2.04 bits per heavy atom. The van der Waals surface area contributed by atoms with Crippen molar-refractivity contribution in [3.63, 3.8) is 0 Å². The monoisotopic (exact) mass is 353 g/mol. The highest BCUT2D eigenvalue weighted by atomic mass is 32.2. The summed E-state index contributed by atoms with van der Waals surface area (Å²) in [5.74, 6) is 0.834. The zero-order valence-corrected chi connectivity index (χ0v) is 14.5. The first-order chi connectivity index (χ1) is 11.1. The normalized spacial score (nSPS) is 15.6. The van der Waals surface area contributed by atoms with Gasteiger partial charge in [0.05, 0.1) is 25.1 Å². The Labute approximate surface area is 140 Å². The predicted molar refractivity (Wildman–Crippen MR) is 91.8 cm³/mol. The van der Waals surface area contributed by atoms with Crippen molar-refractivity contribution in [2.24, 2.45) is 0 Å². The number of hydrogen-bond donors (Lipinski definition) is 1. The van der Waals surface area contributed by atoms with E-state index >= 15 is 0 Å². The maximum absolute atomic E-state index is 12.4. The van der Waals surface area contributed by atoms with Crippen LogP contribution in [-0.2, 0) is 21.2 Å². The number of thiophene rings is 1. The van der Waals surface area contributed by atoms with Crippen LogP contribution in [0.25, 0.3) is 0 Å². The smallest absolute Gasteiger partial charge is 0.271 e. The van der Waals surface area contributed by atoms with Crippen LogP contribution in [-0.4, -0.2) is 39.7 Å². The van der Waals surface area contributed by atoms with Crippen LogP contribution in [0, 0.1) is 0 Å². The summed E-state index contributed by atoms with van der Waals surface area (Å²) in [6.07, 6.45) is 2.38. The molecule has 6 nitrogen and oxygen atoms in total. The van der Waals surface area contributed by atoms with Gasteiger partial charge in [-0.2, -0.15) is 0 Å². The molecule has 0 unspecified atom stereocenters. The van der Waals surface area contributed by atoms with Crippen LogP contribution in [0.1, 0.15) is 11.8 Å². The van der Waals surface area contributed by atoms with E-state index in [0.717, 1.165) is 30.2 Å². The summed E-state index contributed by atoms with van der Waals surface area (Å²) in [6, 6.07) is 7.05. The van der Waals surface area contributed by atoms with Crippen LogP contribution in [0.2, 0.25) is 0 Å². The minimum atomic E-state index is -3.55. The number of rotatable bonds is 5. The second-order valence-corrected chi connectivity index (χ2v) is 8.26. The molecule has 1 aliphatic rings. The Bertz CT molecular complexity index is 751. The number of sulfonamides is 1. The van der Waals surface area contributed by atoms with Crippen LogP contribution in [0.3, 0.4) is 0 Å². The van der Waals surface area contributed by atoms with E-state index in [9.17, 15) is 8.42 Å². The first kappa shape index (κ1) is 16.2. The fraction of sp³-hybridized carbons (Fsp3) is 0.400. The van der Waals surface area contributed by atoms with Crippen molar-refractivity contribution < 1.29 is 13.2 Å². The Balaban J connectivity index is 1.72. The van der Waals surface area contributed by atoms with Gasteiger partial charge in [-0.05, 0) is 30.7 Å². The Hall–Kier alpha value is -1.64. The van der Waals surface area contributed by atoms with Crippen LogP contribution in [0.15, 0.2) is 34.7 Å². The van der Waals surface area contributed by atoms with Gasteiger partial charge in [-0.15, -0.1) is 11.3 Å². The Morgan fingerprint density at radius 1 is 1.26 bits per heavy atom. The quantitative estimate of drug-likeness (QED) is 0.893. The van der Waals surface area contributed by atoms with E-state index in [1.807, 2.05) is 19.1 Å². The van der Waals surface area contributed by atoms with Crippen molar-refractivity contribution in [3.05, 3.63) is 35.3 Å². The van der Waals surface area contributed by atoms with Gasteiger partial charge in [0.2, 0.25) is 0 Å². The molecule has 0 aliphatic carbocycles. The maximum Gasteiger partial charge on any atom is 0.271 e. The van der Waals surface area contributed by atoms with Gasteiger partial charge >= 0.3 is 0 Å². The first-order valence-corrected chi connectivity index (χ1v) is 9.79. The highest BCUT2D eigenvalue weighted by molar-refractivity contribution is 7.94. The summed E-state index contributed by atoms with van der Waals surface area (Å²) in [4.78, 5) is 7.52. The third-order valence-corrected chi connectivity index (χ3v) is 6.69. The van der Waals surface area contributed by atoms with Gasteiger partial charge in [0.25, 0.3) is 10.0 Å². The Kier molecular flexibility index (Phi) is 4.84. The zero-order valence-electron chi connectivity index (χ0n) is 12.9. The van der Waals surface area contributed by atoms with Gasteiger partial charge in [-0.3, -0.25) is 4.72 Å². The summed E-state index contributed by atoms with van der Waals surface area (Å²) in [5, 5.41) is 0. The largest absolute Gasteiger partial charge is 0.378 e. The molecular formula is C15H19N3O3S2. The number of aryl methyl sites for hydroxylation is 1. The maximum atomic E-state index is 12.4. The second kappa shape index (κ2) is 6.86. The number of pyridine rings is 1. The number of morpholine rings is 1. The van der Waals surface area contributed by atoms with E-state index in [1.54, 1.807) is 18.3 Å². The van der Waals surface area contributed by atoms with Crippen LogP contribution in [0.4, 0.5) is 11.5 Å². The third kappa shape index (κ3) is 3.82. The van der Waals surface area contributed by atoms with E-state index in [1.165, 1.54) is 11.3 Å². The third-order valence-electron chi connectivity index (χ3n) is 3.59. The number of nitrogens with zero attached hydrogens (tertiary/aromatic N) is 2. The van der Waals surface area contributed by atoms with Gasteiger partial charge in [-0.25, -0.2) is 13.4 Å². The van der Waals surface area contributed by atoms with Crippen LogP contribution in [0.5, 0.6) is 0 Å². The number of anilines is 2. The topological polar surface area (TPSA) is 71.5 Å². The fourth-order valence-electron chi connectivity index (χ4n) is 2.32. The molecular weight excluding hydrogens is 334 g/mol. The molecule has 0 bridgehead atoms. The molecule has 1 fully saturated rings. The molecule has 8 heteroatoms. The molecule has 0 amide bonds. The predicted octanol–water partition coefficient (Wildman–Crippen LogP) is 2.34. The lowest BCUT2D eigenvalue weighted by Crippen LogP contribution is -2.36. The molecule has 0 spiro atoms. The second-order valence-electron chi connectivity index (χ2n) is 5.18. The van der Waals surface area contributed by atoms with Crippen molar-refractivity contribution in [2.75, 3.05) is 35.9 Å². The molecule has 2 aromatic heterocycles. The summed E-state index contributed by atoms with van der Waals surface area (Å²) >= 11 is 1.29. The lowest BCUT2D eigenvalue weighted by molar-refractivity contribution is 0.122. The average molecular weight is 353 g/mol. The van der Waals surface area contributed by atoms with Crippen LogP contribution >= 0.6 is 11.3 Å². The van der Waals surface area contributed by atoms with Crippen molar-refractivity contribution in [1.82, 2.24) is 4.98 Å². The highest BCUT2D eigenvalue weighted by Crippen LogP contribution is 2.24. The molecule has 0 saturated carbocycles. The molecule has 0 radical (unpaired) electrons. The van der Waals surface area contributed by atoms with Gasteiger partial charge < -0.3 is 9.64 Å². The summed E-state index contributed by atoms with van der Waals surface area (Å²) in [5.41, 5.74) is 0.466. The lowest BCUT2D eigenvalue weighted by Gasteiger charge is -2.27. The number of aromatic nitrogens is 1. The van der Waals surface area contributed by atoms with E-state index in [0.29, 0.717) is 23.1 Å². The van der Waals surface area contributed by atoms with Gasteiger partial charge in [0.15, 0.2) is 0 Å². The number of nitrogens with one attached hydrogen (secondary N) is 1. The molecule has 124 valence electrons. The average Bonchev–Trinajstić information content (AvgIpc) is 3.06. The van der Waals surface area contributed by atoms with Gasteiger partial charge in [-0.1, -0.05) is 6.92 Å². The summed E-state index contributed by atoms with van der Waals surface area (Å²) in [7, 11) is -3.55. The number of hydrogen-bond acceptors (Lipinski definition) is 6. The van der Waals surface area contributed by atoms with Gasteiger partial charge in [0, 0.05) is 18.0 Å². The van der Waals surface area contributed by atoms with Crippen molar-refractivity contribution >= 4 is 32.9 Å². The van der Waals surface area contributed by atoms with Gasteiger partial charge in [0.1, 0.15) is 10.0 Å². The summed E-state index contributed by atoms with van der Waals surface area (Å²) < 4.78 is 32.9. The molecule has 23 heavy (non-hydrogen) atoms. The molecule has 3 heterocycles. The molecule has 2 aromatic rings. The Morgan fingerprint density at radius 3 is 2.65 bits per heavy atom. The molecule has 0 atom stereocenters. The minimum absolute atomic E-state index is 0.326. The van der Waals surface area contributed by atoms with E-state index in [4.69, 9.17) is 4.74 Å². The van der Waals surface area contributed by atoms with Crippen molar-refractivity contribution in [1.29, 1.82) is 0 Å². The molecule has 0 aromatic carbocycles. The van der Waals surface area contributed by atoms with Crippen LogP contribution < -0.4 is 9.62 Å².